The van der Waals surface area contributed by atoms with Gasteiger partial charge in [-0.15, -0.1) is 10.2 Å². The molecule has 0 amide bonds. The van der Waals surface area contributed by atoms with Crippen LogP contribution in [0.25, 0.3) is 22.3 Å². The second kappa shape index (κ2) is 9.34. The first-order chi connectivity index (χ1) is 17.3. The Morgan fingerprint density at radius 3 is 2.64 bits per heavy atom. The number of fused-ring (bicyclic) bond motifs is 1. The fourth-order valence-corrected chi connectivity index (χ4v) is 4.62. The minimum Gasteiger partial charge on any atom is -0.492 e. The smallest absolute Gasteiger partial charge is 0.227 e. The summed E-state index contributed by atoms with van der Waals surface area (Å²) < 4.78 is 13.7. The highest BCUT2D eigenvalue weighted by molar-refractivity contribution is 5.90. The minimum absolute atomic E-state index is 0.164. The highest BCUT2D eigenvalue weighted by Gasteiger charge is 2.47. The molecule has 0 unspecified atom stereocenters. The standard InChI is InChI=1S/C26H32N8O2/c1-7-36-21-11-18(23-32-28-15-33(23)5)8-9-20(21)30-25-27-12-19-10-17(4)29-24(22(19)31-25)34-13-26(14-34,35-6)16(2)3/h8-12,15-16H,7,13-14H2,1-6H3,(H,27,30,31). The summed E-state index contributed by atoms with van der Waals surface area (Å²) in [7, 11) is 3.70. The van der Waals surface area contributed by atoms with E-state index in [1.165, 1.54) is 0 Å². The van der Waals surface area contributed by atoms with E-state index in [1.807, 2.05) is 55.9 Å². The summed E-state index contributed by atoms with van der Waals surface area (Å²) in [6.45, 7) is 10.4. The number of nitrogens with one attached hydrogen (secondary N) is 1. The molecule has 36 heavy (non-hydrogen) atoms. The molecule has 4 heterocycles. The van der Waals surface area contributed by atoms with Gasteiger partial charge in [0, 0.05) is 37.0 Å². The molecule has 3 aromatic heterocycles. The third-order valence-corrected chi connectivity index (χ3v) is 6.85. The number of hydrogen-bond acceptors (Lipinski definition) is 9. The van der Waals surface area contributed by atoms with Crippen molar-refractivity contribution in [3.05, 3.63) is 42.5 Å². The van der Waals surface area contributed by atoms with Gasteiger partial charge in [-0.3, -0.25) is 0 Å². The van der Waals surface area contributed by atoms with Gasteiger partial charge < -0.3 is 24.3 Å². The van der Waals surface area contributed by atoms with Crippen LogP contribution < -0.4 is 15.0 Å². The quantitative estimate of drug-likeness (QED) is 0.392. The highest BCUT2D eigenvalue weighted by Crippen LogP contribution is 2.38. The predicted octanol–water partition coefficient (Wildman–Crippen LogP) is 4.13. The molecule has 1 aliphatic heterocycles. The first-order valence-electron chi connectivity index (χ1n) is 12.2. The summed E-state index contributed by atoms with van der Waals surface area (Å²) in [5.41, 5.74) is 3.25. The van der Waals surface area contributed by atoms with Crippen LogP contribution >= 0.6 is 0 Å². The van der Waals surface area contributed by atoms with E-state index < -0.39 is 0 Å². The Morgan fingerprint density at radius 2 is 1.97 bits per heavy atom. The van der Waals surface area contributed by atoms with Crippen LogP contribution in [0.2, 0.25) is 0 Å². The molecule has 5 rings (SSSR count). The lowest BCUT2D eigenvalue weighted by Gasteiger charge is -2.52. The van der Waals surface area contributed by atoms with E-state index in [0.29, 0.717) is 24.2 Å². The van der Waals surface area contributed by atoms with Gasteiger partial charge in [0.2, 0.25) is 5.95 Å². The van der Waals surface area contributed by atoms with Crippen LogP contribution in [0, 0.1) is 12.8 Å². The molecule has 0 aliphatic carbocycles. The number of rotatable bonds is 8. The van der Waals surface area contributed by atoms with Crippen LogP contribution in [0.3, 0.4) is 0 Å². The van der Waals surface area contributed by atoms with Gasteiger partial charge in [-0.25, -0.2) is 15.0 Å². The van der Waals surface area contributed by atoms with E-state index >= 15 is 0 Å². The summed E-state index contributed by atoms with van der Waals surface area (Å²) >= 11 is 0. The van der Waals surface area contributed by atoms with E-state index in [4.69, 9.17) is 19.4 Å². The highest BCUT2D eigenvalue weighted by atomic mass is 16.5. The van der Waals surface area contributed by atoms with Crippen molar-refractivity contribution in [2.24, 2.45) is 13.0 Å². The zero-order valence-electron chi connectivity index (χ0n) is 21.6. The molecule has 1 N–H and O–H groups in total. The second-order valence-electron chi connectivity index (χ2n) is 9.53. The molecule has 10 heteroatoms. The summed E-state index contributed by atoms with van der Waals surface area (Å²) in [6.07, 6.45) is 3.51. The van der Waals surface area contributed by atoms with Gasteiger partial charge in [0.05, 0.1) is 25.4 Å². The Hall–Kier alpha value is -3.79. The van der Waals surface area contributed by atoms with Crippen molar-refractivity contribution >= 4 is 28.4 Å². The fraction of sp³-hybridized carbons (Fsp3) is 0.423. The second-order valence-corrected chi connectivity index (χ2v) is 9.53. The van der Waals surface area contributed by atoms with Crippen LogP contribution in [0.4, 0.5) is 17.5 Å². The van der Waals surface area contributed by atoms with Crippen molar-refractivity contribution < 1.29 is 9.47 Å². The lowest BCUT2D eigenvalue weighted by atomic mass is 9.82. The number of ether oxygens (including phenoxy) is 2. The normalized spacial score (nSPS) is 14.8. The molecule has 1 fully saturated rings. The van der Waals surface area contributed by atoms with Gasteiger partial charge in [0.25, 0.3) is 0 Å². The molecule has 0 bridgehead atoms. The zero-order valence-corrected chi connectivity index (χ0v) is 21.6. The third kappa shape index (κ3) is 4.21. The monoisotopic (exact) mass is 488 g/mol. The third-order valence-electron chi connectivity index (χ3n) is 6.85. The van der Waals surface area contributed by atoms with Gasteiger partial charge in [0.15, 0.2) is 11.6 Å². The van der Waals surface area contributed by atoms with Crippen LogP contribution in [-0.2, 0) is 11.8 Å². The molecule has 1 saturated heterocycles. The van der Waals surface area contributed by atoms with Gasteiger partial charge in [-0.1, -0.05) is 13.8 Å². The van der Waals surface area contributed by atoms with E-state index in [0.717, 1.165) is 52.6 Å². The maximum atomic E-state index is 5.93. The first kappa shape index (κ1) is 23.9. The van der Waals surface area contributed by atoms with Gasteiger partial charge in [0.1, 0.15) is 23.2 Å². The number of methoxy groups -OCH3 is 1. The Balaban J connectivity index is 1.48. The molecule has 4 aromatic rings. The number of aromatic nitrogens is 6. The van der Waals surface area contributed by atoms with E-state index in [-0.39, 0.29) is 5.60 Å². The van der Waals surface area contributed by atoms with Crippen LogP contribution in [0.5, 0.6) is 5.75 Å². The number of nitrogens with zero attached hydrogens (tertiary/aromatic N) is 7. The average Bonchev–Trinajstić information content (AvgIpc) is 3.25. The summed E-state index contributed by atoms with van der Waals surface area (Å²) in [6, 6.07) is 7.88. The Labute approximate surface area is 210 Å². The van der Waals surface area contributed by atoms with Gasteiger partial charge in [-0.2, -0.15) is 0 Å². The summed E-state index contributed by atoms with van der Waals surface area (Å²) in [5, 5.41) is 12.5. The van der Waals surface area contributed by atoms with Crippen molar-refractivity contribution in [3.8, 4) is 17.1 Å². The van der Waals surface area contributed by atoms with Gasteiger partial charge in [-0.05, 0) is 44.0 Å². The summed E-state index contributed by atoms with van der Waals surface area (Å²) in [5.74, 6) is 3.19. The number of pyridine rings is 1. The molecule has 10 nitrogen and oxygen atoms in total. The molecule has 0 atom stereocenters. The molecular formula is C26H32N8O2. The lowest BCUT2D eigenvalue weighted by Crippen LogP contribution is -2.66. The Morgan fingerprint density at radius 1 is 1.17 bits per heavy atom. The lowest BCUT2D eigenvalue weighted by molar-refractivity contribution is -0.0686. The maximum Gasteiger partial charge on any atom is 0.227 e. The molecule has 188 valence electrons. The topological polar surface area (TPSA) is 103 Å². The Bertz CT molecular complexity index is 1390. The maximum absolute atomic E-state index is 5.93. The Kier molecular flexibility index (Phi) is 6.21. The number of benzene rings is 1. The zero-order chi connectivity index (χ0) is 25.4. The molecular weight excluding hydrogens is 456 g/mol. The van der Waals surface area contributed by atoms with Crippen LogP contribution in [-0.4, -0.2) is 62.1 Å². The van der Waals surface area contributed by atoms with Crippen LogP contribution in [0.1, 0.15) is 26.5 Å². The molecule has 0 saturated carbocycles. The van der Waals surface area contributed by atoms with E-state index in [9.17, 15) is 0 Å². The molecule has 0 radical (unpaired) electrons. The van der Waals surface area contributed by atoms with Gasteiger partial charge >= 0.3 is 0 Å². The van der Waals surface area contributed by atoms with Crippen molar-refractivity contribution in [2.75, 3.05) is 37.0 Å². The molecule has 1 aliphatic rings. The van der Waals surface area contributed by atoms with Crippen molar-refractivity contribution in [1.82, 2.24) is 29.7 Å². The van der Waals surface area contributed by atoms with E-state index in [1.54, 1.807) is 13.4 Å². The number of hydrogen-bond donors (Lipinski definition) is 1. The van der Waals surface area contributed by atoms with Crippen molar-refractivity contribution in [1.29, 1.82) is 0 Å². The fourth-order valence-electron chi connectivity index (χ4n) is 4.62. The van der Waals surface area contributed by atoms with Crippen molar-refractivity contribution in [2.45, 2.75) is 33.3 Å². The summed E-state index contributed by atoms with van der Waals surface area (Å²) in [4.78, 5) is 16.5. The average molecular weight is 489 g/mol. The molecule has 1 aromatic carbocycles. The first-order valence-corrected chi connectivity index (χ1v) is 12.2. The van der Waals surface area contributed by atoms with E-state index in [2.05, 4.69) is 39.2 Å². The minimum atomic E-state index is -0.164. The molecule has 0 spiro atoms. The predicted molar refractivity (Wildman–Crippen MR) is 140 cm³/mol. The van der Waals surface area contributed by atoms with Crippen molar-refractivity contribution in [3.63, 3.8) is 0 Å². The number of anilines is 3. The SMILES string of the molecule is CCOc1cc(-c2nncn2C)ccc1Nc1ncc2cc(C)nc(N3CC(OC)(C(C)C)C3)c2n1. The largest absolute Gasteiger partial charge is 0.492 e. The number of aryl methyl sites for hydroxylation is 2. The van der Waals surface area contributed by atoms with Crippen LogP contribution in [0.15, 0.2) is 36.8 Å².